The number of morpholine rings is 1. The lowest BCUT2D eigenvalue weighted by molar-refractivity contribution is 0.0299. The summed E-state index contributed by atoms with van der Waals surface area (Å²) < 4.78 is 12.4. The number of hydrogen-bond acceptors (Lipinski definition) is 6. The van der Waals surface area contributed by atoms with Gasteiger partial charge in [0.2, 0.25) is 0 Å². The Morgan fingerprint density at radius 1 is 1.25 bits per heavy atom. The van der Waals surface area contributed by atoms with Crippen molar-refractivity contribution in [2.75, 3.05) is 40.0 Å². The molecule has 1 aromatic carbocycles. The minimum atomic E-state index is -0.0713. The Kier molecular flexibility index (Phi) is 7.00. The van der Waals surface area contributed by atoms with Gasteiger partial charge in [-0.15, -0.1) is 5.10 Å². The highest BCUT2D eigenvalue weighted by atomic mass is 16.5. The highest BCUT2D eigenvalue weighted by molar-refractivity contribution is 5.91. The van der Waals surface area contributed by atoms with Gasteiger partial charge in [-0.25, -0.2) is 0 Å². The van der Waals surface area contributed by atoms with Crippen LogP contribution in [0.15, 0.2) is 18.3 Å². The maximum atomic E-state index is 12.4. The molecule has 1 amide bonds. The number of methoxy groups -OCH3 is 1. The van der Waals surface area contributed by atoms with Crippen LogP contribution in [-0.2, 0) is 17.8 Å². The second-order valence-electron chi connectivity index (χ2n) is 6.98. The number of benzene rings is 1. The smallest absolute Gasteiger partial charge is 0.276 e. The van der Waals surface area contributed by atoms with E-state index in [4.69, 9.17) is 9.47 Å². The molecule has 3 rings (SSSR count). The summed E-state index contributed by atoms with van der Waals surface area (Å²) in [6, 6.07) is 4.12. The predicted molar refractivity (Wildman–Crippen MR) is 106 cm³/mol. The molecular formula is C20H29N5O3. The summed E-state index contributed by atoms with van der Waals surface area (Å²) in [5.41, 5.74) is 4.12. The van der Waals surface area contributed by atoms with Gasteiger partial charge in [-0.3, -0.25) is 9.48 Å². The molecule has 1 aliphatic heterocycles. The van der Waals surface area contributed by atoms with Gasteiger partial charge in [-0.2, -0.15) is 0 Å². The monoisotopic (exact) mass is 387 g/mol. The van der Waals surface area contributed by atoms with E-state index in [1.165, 1.54) is 16.7 Å². The molecule has 0 unspecified atom stereocenters. The molecular weight excluding hydrogens is 358 g/mol. The molecule has 1 fully saturated rings. The molecule has 2 aromatic rings. The molecule has 8 nitrogen and oxygen atoms in total. The van der Waals surface area contributed by atoms with Crippen molar-refractivity contribution in [1.29, 1.82) is 0 Å². The number of carbonyl (C=O) groups excluding carboxylic acids is 1. The van der Waals surface area contributed by atoms with Gasteiger partial charge in [0.1, 0.15) is 5.75 Å². The molecule has 1 N–H and O–H groups in total. The van der Waals surface area contributed by atoms with E-state index in [-0.39, 0.29) is 5.91 Å². The lowest BCUT2D eigenvalue weighted by Gasteiger charge is -2.25. The zero-order chi connectivity index (χ0) is 19.9. The van der Waals surface area contributed by atoms with E-state index in [0.717, 1.165) is 31.8 Å². The third-order valence-electron chi connectivity index (χ3n) is 5.18. The Morgan fingerprint density at radius 3 is 2.79 bits per heavy atom. The van der Waals surface area contributed by atoms with E-state index in [1.54, 1.807) is 22.9 Å². The Balaban J connectivity index is 1.42. The largest absolute Gasteiger partial charge is 0.496 e. The van der Waals surface area contributed by atoms with Gasteiger partial charge in [0.25, 0.3) is 5.91 Å². The highest BCUT2D eigenvalue weighted by Crippen LogP contribution is 2.23. The van der Waals surface area contributed by atoms with Crippen molar-refractivity contribution in [3.63, 3.8) is 0 Å². The summed E-state index contributed by atoms with van der Waals surface area (Å²) in [7, 11) is 1.70. The van der Waals surface area contributed by atoms with E-state index in [9.17, 15) is 4.79 Å². The fourth-order valence-corrected chi connectivity index (χ4v) is 3.29. The topological polar surface area (TPSA) is 81.5 Å². The normalized spacial score (nSPS) is 14.3. The van der Waals surface area contributed by atoms with Gasteiger partial charge in [-0.1, -0.05) is 11.3 Å². The SMILES string of the molecule is COc1ccc(CNCCCn2cc(C(=O)N3CCOCC3)nn2)c(C)c1C. The number of aryl methyl sites for hydroxylation is 1. The number of nitrogens with one attached hydrogen (secondary N) is 1. The van der Waals surface area contributed by atoms with Gasteiger partial charge in [0.15, 0.2) is 5.69 Å². The number of rotatable bonds is 8. The predicted octanol–water partition coefficient (Wildman–Crippen LogP) is 1.56. The van der Waals surface area contributed by atoms with Crippen LogP contribution < -0.4 is 10.1 Å². The van der Waals surface area contributed by atoms with Gasteiger partial charge in [0, 0.05) is 26.2 Å². The maximum absolute atomic E-state index is 12.4. The molecule has 1 saturated heterocycles. The highest BCUT2D eigenvalue weighted by Gasteiger charge is 2.21. The van der Waals surface area contributed by atoms with E-state index in [1.807, 2.05) is 6.07 Å². The van der Waals surface area contributed by atoms with Gasteiger partial charge < -0.3 is 19.7 Å². The van der Waals surface area contributed by atoms with Crippen LogP contribution in [0.1, 0.15) is 33.6 Å². The summed E-state index contributed by atoms with van der Waals surface area (Å²) in [5.74, 6) is 0.855. The average molecular weight is 387 g/mol. The number of aromatic nitrogens is 3. The minimum absolute atomic E-state index is 0.0713. The molecule has 0 bridgehead atoms. The standard InChI is InChI=1S/C20H29N5O3/c1-15-16(2)19(27-3)6-5-17(15)13-21-7-4-8-25-14-18(22-23-25)20(26)24-9-11-28-12-10-24/h5-6,14,21H,4,7-13H2,1-3H3. The number of nitrogens with zero attached hydrogens (tertiary/aromatic N) is 4. The van der Waals surface area contributed by atoms with Gasteiger partial charge >= 0.3 is 0 Å². The van der Waals surface area contributed by atoms with E-state index >= 15 is 0 Å². The summed E-state index contributed by atoms with van der Waals surface area (Å²) >= 11 is 0. The van der Waals surface area contributed by atoms with Crippen LogP contribution in [0.3, 0.4) is 0 Å². The second kappa shape index (κ2) is 9.66. The van der Waals surface area contributed by atoms with E-state index < -0.39 is 0 Å². The van der Waals surface area contributed by atoms with Crippen molar-refractivity contribution in [3.8, 4) is 5.75 Å². The summed E-state index contributed by atoms with van der Waals surface area (Å²) in [4.78, 5) is 14.1. The fourth-order valence-electron chi connectivity index (χ4n) is 3.29. The summed E-state index contributed by atoms with van der Waals surface area (Å²) in [6.45, 7) is 8.98. The molecule has 0 aliphatic carbocycles. The van der Waals surface area contributed by atoms with Crippen LogP contribution in [0.2, 0.25) is 0 Å². The number of amides is 1. The van der Waals surface area contributed by atoms with Crippen molar-refractivity contribution >= 4 is 5.91 Å². The lowest BCUT2D eigenvalue weighted by Crippen LogP contribution is -2.40. The Bertz CT molecular complexity index is 799. The van der Waals surface area contributed by atoms with E-state index in [2.05, 4.69) is 35.5 Å². The van der Waals surface area contributed by atoms with Crippen LogP contribution in [0.4, 0.5) is 0 Å². The van der Waals surface area contributed by atoms with Crippen molar-refractivity contribution in [2.24, 2.45) is 0 Å². The van der Waals surface area contributed by atoms with Crippen LogP contribution >= 0.6 is 0 Å². The molecule has 0 spiro atoms. The molecule has 0 saturated carbocycles. The molecule has 28 heavy (non-hydrogen) atoms. The summed E-state index contributed by atoms with van der Waals surface area (Å²) in [6.07, 6.45) is 2.64. The lowest BCUT2D eigenvalue weighted by atomic mass is 10.0. The molecule has 1 aromatic heterocycles. The second-order valence-corrected chi connectivity index (χ2v) is 6.98. The number of hydrogen-bond donors (Lipinski definition) is 1. The first kappa shape index (κ1) is 20.3. The molecule has 2 heterocycles. The minimum Gasteiger partial charge on any atom is -0.496 e. The van der Waals surface area contributed by atoms with E-state index in [0.29, 0.717) is 32.0 Å². The van der Waals surface area contributed by atoms with Crippen LogP contribution in [0.5, 0.6) is 5.75 Å². The van der Waals surface area contributed by atoms with Crippen LogP contribution in [0, 0.1) is 13.8 Å². The summed E-state index contributed by atoms with van der Waals surface area (Å²) in [5, 5.41) is 11.6. The molecule has 1 aliphatic rings. The Labute approximate surface area is 165 Å². The van der Waals surface area contributed by atoms with Crippen LogP contribution in [0.25, 0.3) is 0 Å². The first-order valence-corrected chi connectivity index (χ1v) is 9.71. The first-order chi connectivity index (χ1) is 13.6. The van der Waals surface area contributed by atoms with Crippen molar-refractivity contribution in [2.45, 2.75) is 33.4 Å². The first-order valence-electron chi connectivity index (χ1n) is 9.71. The zero-order valence-corrected chi connectivity index (χ0v) is 16.9. The third-order valence-corrected chi connectivity index (χ3v) is 5.18. The maximum Gasteiger partial charge on any atom is 0.276 e. The number of carbonyl (C=O) groups is 1. The molecule has 152 valence electrons. The average Bonchev–Trinajstić information content (AvgIpc) is 3.20. The zero-order valence-electron chi connectivity index (χ0n) is 16.9. The molecule has 8 heteroatoms. The third kappa shape index (κ3) is 4.88. The van der Waals surface area contributed by atoms with Crippen molar-refractivity contribution < 1.29 is 14.3 Å². The van der Waals surface area contributed by atoms with Crippen LogP contribution in [-0.4, -0.2) is 65.8 Å². The molecule has 0 radical (unpaired) electrons. The quantitative estimate of drug-likeness (QED) is 0.693. The molecule has 0 atom stereocenters. The van der Waals surface area contributed by atoms with Gasteiger partial charge in [-0.05, 0) is 49.6 Å². The number of ether oxygens (including phenoxy) is 2. The van der Waals surface area contributed by atoms with Gasteiger partial charge in [0.05, 0.1) is 26.5 Å². The van der Waals surface area contributed by atoms with Crippen molar-refractivity contribution in [1.82, 2.24) is 25.2 Å². The fraction of sp³-hybridized carbons (Fsp3) is 0.550. The Hall–Kier alpha value is -2.45. The van der Waals surface area contributed by atoms with Crippen molar-refractivity contribution in [3.05, 3.63) is 40.7 Å². The Morgan fingerprint density at radius 2 is 2.04 bits per heavy atom.